The third-order valence-corrected chi connectivity index (χ3v) is 7.33. The first-order valence-electron chi connectivity index (χ1n) is 9.77. The van der Waals surface area contributed by atoms with E-state index in [0.29, 0.717) is 24.5 Å². The third-order valence-electron chi connectivity index (χ3n) is 5.42. The third kappa shape index (κ3) is 5.43. The number of amides is 2. The van der Waals surface area contributed by atoms with Gasteiger partial charge in [-0.05, 0) is 37.6 Å². The van der Waals surface area contributed by atoms with Crippen LogP contribution in [0.15, 0.2) is 29.2 Å². The van der Waals surface area contributed by atoms with Gasteiger partial charge >= 0.3 is 6.03 Å². The summed E-state index contributed by atoms with van der Waals surface area (Å²) in [5.41, 5.74) is 0.881. The van der Waals surface area contributed by atoms with E-state index in [9.17, 15) is 13.2 Å². The summed E-state index contributed by atoms with van der Waals surface area (Å²) in [7, 11) is -1.45. The minimum atomic E-state index is -3.45. The van der Waals surface area contributed by atoms with E-state index < -0.39 is 10.0 Å². The number of benzene rings is 1. The highest BCUT2D eigenvalue weighted by Gasteiger charge is 2.27. The molecule has 2 amide bonds. The number of sulfonamides is 1. The molecule has 1 aromatic rings. The van der Waals surface area contributed by atoms with Crippen LogP contribution in [0.1, 0.15) is 37.7 Å². The second-order valence-corrected chi connectivity index (χ2v) is 9.45. The highest BCUT2D eigenvalue weighted by Crippen LogP contribution is 2.19. The number of piperazine rings is 1. The summed E-state index contributed by atoms with van der Waals surface area (Å²) >= 11 is 0. The Morgan fingerprint density at radius 1 is 1.04 bits per heavy atom. The Bertz CT molecular complexity index is 722. The van der Waals surface area contributed by atoms with Crippen molar-refractivity contribution in [1.29, 1.82) is 0 Å². The normalized spacial score (nSPS) is 20.3. The maximum absolute atomic E-state index is 12.7. The van der Waals surface area contributed by atoms with Gasteiger partial charge in [-0.15, -0.1) is 0 Å². The van der Waals surface area contributed by atoms with E-state index in [0.717, 1.165) is 31.5 Å². The zero-order valence-corrected chi connectivity index (χ0v) is 16.8. The van der Waals surface area contributed by atoms with Gasteiger partial charge in [0, 0.05) is 38.8 Å². The fourth-order valence-electron chi connectivity index (χ4n) is 3.62. The Morgan fingerprint density at radius 2 is 1.67 bits per heavy atom. The number of hydrogen-bond donors (Lipinski definition) is 2. The van der Waals surface area contributed by atoms with Crippen molar-refractivity contribution < 1.29 is 13.2 Å². The van der Waals surface area contributed by atoms with E-state index in [2.05, 4.69) is 15.5 Å². The largest absolute Gasteiger partial charge is 0.335 e. The number of hydrogen-bond acceptors (Lipinski definition) is 4. The molecule has 1 saturated carbocycles. The molecule has 0 unspecified atom stereocenters. The van der Waals surface area contributed by atoms with Gasteiger partial charge in [-0.25, -0.2) is 13.2 Å². The molecule has 0 atom stereocenters. The maximum Gasteiger partial charge on any atom is 0.315 e. The molecule has 2 aliphatic rings. The molecule has 1 aliphatic heterocycles. The minimum Gasteiger partial charge on any atom is -0.335 e. The van der Waals surface area contributed by atoms with Crippen LogP contribution in [0.5, 0.6) is 0 Å². The maximum atomic E-state index is 12.7. The molecule has 1 aromatic carbocycles. The van der Waals surface area contributed by atoms with E-state index in [4.69, 9.17) is 0 Å². The lowest BCUT2D eigenvalue weighted by molar-refractivity contribution is 0.222. The van der Waals surface area contributed by atoms with Crippen molar-refractivity contribution in [1.82, 2.24) is 19.8 Å². The molecule has 8 heteroatoms. The lowest BCUT2D eigenvalue weighted by Crippen LogP contribution is -2.47. The first kappa shape index (κ1) is 20.1. The van der Waals surface area contributed by atoms with E-state index in [1.807, 2.05) is 7.05 Å². The molecule has 2 N–H and O–H groups in total. The lowest BCUT2D eigenvalue weighted by Gasteiger charge is -2.31. The van der Waals surface area contributed by atoms with Gasteiger partial charge in [-0.1, -0.05) is 31.4 Å². The SMILES string of the molecule is CN1CCN(S(=O)(=O)c2ccc(CNC(=O)NC3CCCCC3)cc2)CC1. The van der Waals surface area contributed by atoms with Gasteiger partial charge in [0.1, 0.15) is 0 Å². The van der Waals surface area contributed by atoms with Gasteiger partial charge in [0.15, 0.2) is 0 Å². The predicted octanol–water partition coefficient (Wildman–Crippen LogP) is 1.75. The molecule has 27 heavy (non-hydrogen) atoms. The van der Waals surface area contributed by atoms with Crippen molar-refractivity contribution in [3.05, 3.63) is 29.8 Å². The average Bonchev–Trinajstić information content (AvgIpc) is 2.68. The van der Waals surface area contributed by atoms with Crippen LogP contribution < -0.4 is 10.6 Å². The van der Waals surface area contributed by atoms with Crippen LogP contribution >= 0.6 is 0 Å². The Morgan fingerprint density at radius 3 is 2.30 bits per heavy atom. The number of carbonyl (C=O) groups excluding carboxylic acids is 1. The van der Waals surface area contributed by atoms with Crippen molar-refractivity contribution in [3.63, 3.8) is 0 Å². The number of likely N-dealkylation sites (N-methyl/N-ethyl adjacent to an activating group) is 1. The quantitative estimate of drug-likeness (QED) is 0.797. The molecule has 0 bridgehead atoms. The van der Waals surface area contributed by atoms with Gasteiger partial charge in [0.2, 0.25) is 10.0 Å². The Kier molecular flexibility index (Phi) is 6.73. The van der Waals surface area contributed by atoms with E-state index >= 15 is 0 Å². The molecule has 150 valence electrons. The summed E-state index contributed by atoms with van der Waals surface area (Å²) in [5, 5.41) is 5.87. The Hall–Kier alpha value is -1.64. The van der Waals surface area contributed by atoms with Gasteiger partial charge in [-0.3, -0.25) is 0 Å². The molecule has 1 aliphatic carbocycles. The average molecular weight is 395 g/mol. The molecule has 3 rings (SSSR count). The summed E-state index contributed by atoms with van der Waals surface area (Å²) < 4.78 is 27.0. The van der Waals surface area contributed by atoms with Crippen LogP contribution in [-0.4, -0.2) is 62.9 Å². The van der Waals surface area contributed by atoms with Gasteiger partial charge in [0.25, 0.3) is 0 Å². The summed E-state index contributed by atoms with van der Waals surface area (Å²) in [6.07, 6.45) is 5.70. The number of nitrogens with zero attached hydrogens (tertiary/aromatic N) is 2. The Labute approximate surface area is 162 Å². The van der Waals surface area contributed by atoms with Crippen LogP contribution in [0.4, 0.5) is 4.79 Å². The zero-order valence-electron chi connectivity index (χ0n) is 16.0. The predicted molar refractivity (Wildman–Crippen MR) is 105 cm³/mol. The molecule has 2 fully saturated rings. The monoisotopic (exact) mass is 394 g/mol. The van der Waals surface area contributed by atoms with Gasteiger partial charge in [0.05, 0.1) is 4.90 Å². The molecule has 1 saturated heterocycles. The van der Waals surface area contributed by atoms with Crippen LogP contribution in [0.2, 0.25) is 0 Å². The Balaban J connectivity index is 1.51. The van der Waals surface area contributed by atoms with E-state index in [-0.39, 0.29) is 12.1 Å². The number of nitrogens with one attached hydrogen (secondary N) is 2. The summed E-state index contributed by atoms with van der Waals surface area (Å²) in [6, 6.07) is 6.91. The minimum absolute atomic E-state index is 0.156. The van der Waals surface area contributed by atoms with Gasteiger partial charge in [-0.2, -0.15) is 4.31 Å². The first-order chi connectivity index (χ1) is 12.9. The van der Waals surface area contributed by atoms with Crippen molar-refractivity contribution >= 4 is 16.1 Å². The molecular formula is C19H30N4O3S. The van der Waals surface area contributed by atoms with Crippen molar-refractivity contribution in [2.75, 3.05) is 33.2 Å². The van der Waals surface area contributed by atoms with Crippen molar-refractivity contribution in [2.45, 2.75) is 49.6 Å². The van der Waals surface area contributed by atoms with Crippen LogP contribution in [0.25, 0.3) is 0 Å². The molecule has 0 spiro atoms. The van der Waals surface area contributed by atoms with Crippen LogP contribution in [-0.2, 0) is 16.6 Å². The van der Waals surface area contributed by atoms with Crippen molar-refractivity contribution in [3.8, 4) is 0 Å². The molecule has 0 aromatic heterocycles. The molecule has 7 nitrogen and oxygen atoms in total. The lowest BCUT2D eigenvalue weighted by atomic mass is 9.96. The van der Waals surface area contributed by atoms with Crippen LogP contribution in [0.3, 0.4) is 0 Å². The van der Waals surface area contributed by atoms with E-state index in [1.165, 1.54) is 23.6 Å². The molecule has 1 heterocycles. The molecule has 0 radical (unpaired) electrons. The van der Waals surface area contributed by atoms with Gasteiger partial charge < -0.3 is 15.5 Å². The van der Waals surface area contributed by atoms with Crippen LogP contribution in [0, 0.1) is 0 Å². The molecular weight excluding hydrogens is 364 g/mol. The fourth-order valence-corrected chi connectivity index (χ4v) is 5.04. The number of urea groups is 1. The first-order valence-corrected chi connectivity index (χ1v) is 11.2. The number of rotatable bonds is 5. The fraction of sp³-hybridized carbons (Fsp3) is 0.632. The second kappa shape index (κ2) is 9.03. The van der Waals surface area contributed by atoms with E-state index in [1.54, 1.807) is 24.3 Å². The second-order valence-electron chi connectivity index (χ2n) is 7.51. The summed E-state index contributed by atoms with van der Waals surface area (Å²) in [4.78, 5) is 14.4. The topological polar surface area (TPSA) is 81.8 Å². The standard InChI is InChI=1S/C19H30N4O3S/c1-22-11-13-23(14-12-22)27(25,26)18-9-7-16(8-10-18)15-20-19(24)21-17-5-3-2-4-6-17/h7-10,17H,2-6,11-15H2,1H3,(H2,20,21,24). The summed E-state index contributed by atoms with van der Waals surface area (Å²) in [5.74, 6) is 0. The smallest absolute Gasteiger partial charge is 0.315 e. The van der Waals surface area contributed by atoms with Crippen molar-refractivity contribution in [2.24, 2.45) is 0 Å². The number of carbonyl (C=O) groups is 1. The highest BCUT2D eigenvalue weighted by molar-refractivity contribution is 7.89. The zero-order chi connectivity index (χ0) is 19.3. The highest BCUT2D eigenvalue weighted by atomic mass is 32.2. The summed E-state index contributed by atoms with van der Waals surface area (Å²) in [6.45, 7) is 2.91.